The maximum atomic E-state index is 12.5. The van der Waals surface area contributed by atoms with Gasteiger partial charge in [-0.25, -0.2) is 4.79 Å². The summed E-state index contributed by atoms with van der Waals surface area (Å²) in [6, 6.07) is 3.88. The normalized spacial score (nSPS) is 14.1. The fourth-order valence-electron chi connectivity index (χ4n) is 3.20. The van der Waals surface area contributed by atoms with Gasteiger partial charge in [-0.2, -0.15) is 0 Å². The number of ether oxygens (including phenoxy) is 1. The summed E-state index contributed by atoms with van der Waals surface area (Å²) in [6.45, 7) is 4.39. The first-order valence-corrected chi connectivity index (χ1v) is 9.74. The van der Waals surface area contributed by atoms with E-state index in [-0.39, 0.29) is 41.5 Å². The number of aromatic carboxylic acids is 1. The highest BCUT2D eigenvalue weighted by Crippen LogP contribution is 2.25. The Kier molecular flexibility index (Phi) is 7.72. The van der Waals surface area contributed by atoms with Crippen LogP contribution in [0.25, 0.3) is 0 Å². The third-order valence-electron chi connectivity index (χ3n) is 4.74. The third kappa shape index (κ3) is 5.41. The van der Waals surface area contributed by atoms with Crippen LogP contribution in [-0.2, 0) is 9.53 Å². The van der Waals surface area contributed by atoms with Gasteiger partial charge in [0.1, 0.15) is 0 Å². The van der Waals surface area contributed by atoms with Gasteiger partial charge in [-0.3, -0.25) is 19.3 Å². The van der Waals surface area contributed by atoms with Crippen LogP contribution in [0.4, 0.5) is 0 Å². The Morgan fingerprint density at radius 2 is 1.75 bits per heavy atom. The van der Waals surface area contributed by atoms with Crippen LogP contribution in [0, 0.1) is 5.92 Å². The molecule has 1 atom stereocenters. The van der Waals surface area contributed by atoms with Crippen molar-refractivity contribution >= 4 is 23.8 Å². The van der Waals surface area contributed by atoms with Crippen molar-refractivity contribution in [1.29, 1.82) is 0 Å². The maximum absolute atomic E-state index is 12.5. The Morgan fingerprint density at radius 1 is 1.07 bits per heavy atom. The number of carbonyl (C=O) groups is 4. The Bertz CT molecular complexity index is 757. The molecule has 1 aromatic rings. The number of carbonyl (C=O) groups excluding carboxylic acids is 3. The summed E-state index contributed by atoms with van der Waals surface area (Å²) in [7, 11) is 0. The van der Waals surface area contributed by atoms with E-state index in [2.05, 4.69) is 6.92 Å². The minimum absolute atomic E-state index is 0.0442. The van der Waals surface area contributed by atoms with E-state index in [1.54, 1.807) is 6.92 Å². The number of nitrogens with zero attached hydrogens (tertiary/aromatic N) is 1. The molecule has 1 aromatic carbocycles. The summed E-state index contributed by atoms with van der Waals surface area (Å²) in [6.07, 6.45) is 5.46. The van der Waals surface area contributed by atoms with Crippen molar-refractivity contribution in [2.45, 2.75) is 52.4 Å². The molecule has 0 saturated carbocycles. The molecule has 1 heterocycles. The molecule has 28 heavy (non-hydrogen) atoms. The molecular formula is C21H27NO6. The van der Waals surface area contributed by atoms with Crippen LogP contribution in [0.3, 0.4) is 0 Å². The van der Waals surface area contributed by atoms with Crippen LogP contribution in [0.5, 0.6) is 0 Å². The molecule has 7 heteroatoms. The van der Waals surface area contributed by atoms with Gasteiger partial charge in [0, 0.05) is 13.0 Å². The fourth-order valence-corrected chi connectivity index (χ4v) is 3.20. The lowest BCUT2D eigenvalue weighted by Crippen LogP contribution is -2.34. The van der Waals surface area contributed by atoms with Gasteiger partial charge in [0.25, 0.3) is 11.8 Å². The van der Waals surface area contributed by atoms with Crippen LogP contribution < -0.4 is 0 Å². The molecule has 0 fully saturated rings. The number of amides is 2. The second-order valence-electron chi connectivity index (χ2n) is 7.23. The minimum Gasteiger partial charge on any atom is -0.478 e. The Labute approximate surface area is 164 Å². The summed E-state index contributed by atoms with van der Waals surface area (Å²) in [4.78, 5) is 49.0. The van der Waals surface area contributed by atoms with Gasteiger partial charge in [0.05, 0.1) is 23.3 Å². The number of fused-ring (bicyclic) bond motifs is 1. The smallest absolute Gasteiger partial charge is 0.335 e. The highest BCUT2D eigenvalue weighted by Gasteiger charge is 2.36. The number of imide groups is 1. The van der Waals surface area contributed by atoms with E-state index in [4.69, 9.17) is 9.84 Å². The topological polar surface area (TPSA) is 101 Å². The lowest BCUT2D eigenvalue weighted by molar-refractivity contribution is -0.144. The highest BCUT2D eigenvalue weighted by molar-refractivity contribution is 6.21. The molecule has 7 nitrogen and oxygen atoms in total. The van der Waals surface area contributed by atoms with Crippen molar-refractivity contribution in [3.63, 3.8) is 0 Å². The van der Waals surface area contributed by atoms with E-state index < -0.39 is 17.8 Å². The average Bonchev–Trinajstić information content (AvgIpc) is 2.89. The molecule has 0 saturated heterocycles. The fraction of sp³-hybridized carbons (Fsp3) is 0.524. The monoisotopic (exact) mass is 389 g/mol. The predicted octanol–water partition coefficient (Wildman–Crippen LogP) is 3.52. The molecule has 1 unspecified atom stereocenters. The molecule has 1 aliphatic heterocycles. The number of carboxylic acids is 1. The van der Waals surface area contributed by atoms with Gasteiger partial charge >= 0.3 is 11.9 Å². The van der Waals surface area contributed by atoms with Gasteiger partial charge in [-0.05, 0) is 30.5 Å². The van der Waals surface area contributed by atoms with Gasteiger partial charge in [0.2, 0.25) is 0 Å². The molecule has 1 N–H and O–H groups in total. The van der Waals surface area contributed by atoms with E-state index in [0.29, 0.717) is 6.61 Å². The standard InChI is InChI=1S/C21H27NO6/c1-3-4-5-6-7-10-28-18(23)11-14(2)13-22-19(24)16-9-8-15(21(26)27)12-17(16)20(22)25/h8-9,12,14H,3-7,10-11,13H2,1-2H3,(H,26,27). The lowest BCUT2D eigenvalue weighted by Gasteiger charge is -2.18. The predicted molar refractivity (Wildman–Crippen MR) is 102 cm³/mol. The molecule has 0 aliphatic carbocycles. The highest BCUT2D eigenvalue weighted by atomic mass is 16.5. The second-order valence-corrected chi connectivity index (χ2v) is 7.23. The summed E-state index contributed by atoms with van der Waals surface area (Å²) in [5.41, 5.74) is 0.237. The summed E-state index contributed by atoms with van der Waals surface area (Å²) < 4.78 is 5.22. The van der Waals surface area contributed by atoms with Crippen molar-refractivity contribution in [1.82, 2.24) is 4.90 Å². The molecule has 152 valence electrons. The number of carboxylic acid groups (broad SMARTS) is 1. The SMILES string of the molecule is CCCCCCCOC(=O)CC(C)CN1C(=O)c2ccc(C(=O)O)cc2C1=O. The number of hydrogen-bond donors (Lipinski definition) is 1. The van der Waals surface area contributed by atoms with Crippen LogP contribution in [0.2, 0.25) is 0 Å². The van der Waals surface area contributed by atoms with Gasteiger partial charge in [-0.1, -0.05) is 39.5 Å². The molecule has 1 aliphatic rings. The first kappa shape index (κ1) is 21.6. The van der Waals surface area contributed by atoms with E-state index >= 15 is 0 Å². The minimum atomic E-state index is -1.16. The van der Waals surface area contributed by atoms with Crippen LogP contribution >= 0.6 is 0 Å². The summed E-state index contributed by atoms with van der Waals surface area (Å²) >= 11 is 0. The Balaban J connectivity index is 1.84. The summed E-state index contributed by atoms with van der Waals surface area (Å²) in [5.74, 6) is -2.75. The van der Waals surface area contributed by atoms with Crippen LogP contribution in [-0.4, -0.2) is 46.9 Å². The number of unbranched alkanes of at least 4 members (excludes halogenated alkanes) is 4. The van der Waals surface area contributed by atoms with Crippen molar-refractivity contribution < 1.29 is 29.0 Å². The first-order chi connectivity index (χ1) is 13.3. The van der Waals surface area contributed by atoms with Crippen molar-refractivity contribution in [2.75, 3.05) is 13.2 Å². The quantitative estimate of drug-likeness (QED) is 0.353. The Hall–Kier alpha value is -2.70. The maximum Gasteiger partial charge on any atom is 0.335 e. The zero-order chi connectivity index (χ0) is 20.7. The van der Waals surface area contributed by atoms with Crippen LogP contribution in [0.15, 0.2) is 18.2 Å². The number of rotatable bonds is 11. The van der Waals surface area contributed by atoms with Crippen molar-refractivity contribution in [2.24, 2.45) is 5.92 Å². The molecule has 0 radical (unpaired) electrons. The zero-order valence-electron chi connectivity index (χ0n) is 16.4. The molecule has 0 aromatic heterocycles. The second kappa shape index (κ2) is 10.0. The molecule has 2 rings (SSSR count). The molecular weight excluding hydrogens is 362 g/mol. The lowest BCUT2D eigenvalue weighted by atomic mass is 10.1. The van der Waals surface area contributed by atoms with E-state index in [1.165, 1.54) is 24.6 Å². The molecule has 0 spiro atoms. The van der Waals surface area contributed by atoms with Crippen LogP contribution in [0.1, 0.15) is 83.4 Å². The van der Waals surface area contributed by atoms with Gasteiger partial charge < -0.3 is 9.84 Å². The summed E-state index contributed by atoms with van der Waals surface area (Å²) in [5, 5.41) is 9.05. The largest absolute Gasteiger partial charge is 0.478 e. The van der Waals surface area contributed by atoms with Gasteiger partial charge in [0.15, 0.2) is 0 Å². The number of benzene rings is 1. The number of esters is 1. The number of hydrogen-bond acceptors (Lipinski definition) is 5. The third-order valence-corrected chi connectivity index (χ3v) is 4.74. The molecule has 0 bridgehead atoms. The van der Waals surface area contributed by atoms with E-state index in [1.807, 2.05) is 0 Å². The Morgan fingerprint density at radius 3 is 2.43 bits per heavy atom. The van der Waals surface area contributed by atoms with Crippen molar-refractivity contribution in [3.8, 4) is 0 Å². The zero-order valence-corrected chi connectivity index (χ0v) is 16.4. The van der Waals surface area contributed by atoms with Gasteiger partial charge in [-0.15, -0.1) is 0 Å². The van der Waals surface area contributed by atoms with E-state index in [0.717, 1.165) is 30.6 Å². The molecule has 2 amide bonds. The first-order valence-electron chi connectivity index (χ1n) is 9.74. The van der Waals surface area contributed by atoms with E-state index in [9.17, 15) is 19.2 Å². The average molecular weight is 389 g/mol. The van der Waals surface area contributed by atoms with Crippen molar-refractivity contribution in [3.05, 3.63) is 34.9 Å².